The second-order valence-corrected chi connectivity index (χ2v) is 8.16. The summed E-state index contributed by atoms with van der Waals surface area (Å²) >= 11 is -2.52. The zero-order valence-electron chi connectivity index (χ0n) is 16.6. The summed E-state index contributed by atoms with van der Waals surface area (Å²) in [6.07, 6.45) is 6.44. The molecule has 1 N–H and O–H groups in total. The smallest absolute Gasteiger partial charge is 0.251 e. The van der Waals surface area contributed by atoms with E-state index in [1.165, 1.54) is 15.4 Å². The molecule has 3 aromatic rings. The molecule has 6 nitrogen and oxygen atoms in total. The van der Waals surface area contributed by atoms with Gasteiger partial charge < -0.3 is 9.87 Å². The third-order valence-electron chi connectivity index (χ3n) is 5.33. The number of anilines is 2. The highest BCUT2D eigenvalue weighted by atomic mass is 32.2. The van der Waals surface area contributed by atoms with Crippen LogP contribution in [-0.2, 0) is 30.7 Å². The molecular weight excluding hydrogens is 398 g/mol. The number of nitrogens with zero attached hydrogens (tertiary/aromatic N) is 2. The van der Waals surface area contributed by atoms with Crippen LogP contribution in [0.5, 0.6) is 0 Å². The van der Waals surface area contributed by atoms with Crippen LogP contribution in [0.4, 0.5) is 11.4 Å². The predicted molar refractivity (Wildman–Crippen MR) is 116 cm³/mol. The van der Waals surface area contributed by atoms with E-state index in [1.54, 1.807) is 30.6 Å². The molecule has 0 spiro atoms. The van der Waals surface area contributed by atoms with Crippen LogP contribution in [0.2, 0.25) is 0 Å². The SMILES string of the molecule is Cc1ccc(C(=O)NCc2cccnc2)cc1N(c1ccc2c(c1)CCC2)S(=O)[O-]. The van der Waals surface area contributed by atoms with Crippen molar-refractivity contribution in [2.24, 2.45) is 0 Å². The second-order valence-electron chi connectivity index (χ2n) is 7.36. The van der Waals surface area contributed by atoms with E-state index in [-0.39, 0.29) is 5.91 Å². The molecule has 0 fully saturated rings. The van der Waals surface area contributed by atoms with Crippen molar-refractivity contribution < 1.29 is 13.6 Å². The van der Waals surface area contributed by atoms with E-state index in [9.17, 15) is 13.6 Å². The van der Waals surface area contributed by atoms with E-state index in [4.69, 9.17) is 0 Å². The molecule has 1 amide bonds. The van der Waals surface area contributed by atoms with Gasteiger partial charge in [-0.2, -0.15) is 0 Å². The number of hydrogen-bond acceptors (Lipinski definition) is 4. The van der Waals surface area contributed by atoms with Crippen molar-refractivity contribution in [1.29, 1.82) is 0 Å². The van der Waals surface area contributed by atoms with E-state index >= 15 is 0 Å². The number of aryl methyl sites for hydroxylation is 3. The molecule has 1 unspecified atom stereocenters. The lowest BCUT2D eigenvalue weighted by atomic mass is 10.1. The van der Waals surface area contributed by atoms with Gasteiger partial charge in [-0.05, 0) is 78.8 Å². The van der Waals surface area contributed by atoms with Crippen molar-refractivity contribution >= 4 is 28.5 Å². The van der Waals surface area contributed by atoms with Gasteiger partial charge in [-0.25, -0.2) is 0 Å². The molecule has 0 radical (unpaired) electrons. The Labute approximate surface area is 178 Å². The Kier molecular flexibility index (Phi) is 5.92. The number of amides is 1. The lowest BCUT2D eigenvalue weighted by Gasteiger charge is -2.29. The van der Waals surface area contributed by atoms with Gasteiger partial charge in [-0.15, -0.1) is 0 Å². The second kappa shape index (κ2) is 8.77. The molecule has 0 saturated carbocycles. The minimum Gasteiger partial charge on any atom is -0.755 e. The molecule has 30 heavy (non-hydrogen) atoms. The summed E-state index contributed by atoms with van der Waals surface area (Å²) in [6.45, 7) is 2.18. The third-order valence-corrected chi connectivity index (χ3v) is 6.04. The average molecular weight is 421 g/mol. The van der Waals surface area contributed by atoms with Crippen LogP contribution >= 0.6 is 0 Å². The maximum atomic E-state index is 12.7. The highest BCUT2D eigenvalue weighted by molar-refractivity contribution is 7.81. The van der Waals surface area contributed by atoms with E-state index in [2.05, 4.69) is 10.3 Å². The monoisotopic (exact) mass is 420 g/mol. The minimum absolute atomic E-state index is 0.273. The summed E-state index contributed by atoms with van der Waals surface area (Å²) in [5, 5.41) is 2.85. The van der Waals surface area contributed by atoms with Gasteiger partial charge in [-0.3, -0.25) is 18.3 Å². The van der Waals surface area contributed by atoms with Gasteiger partial charge in [0.2, 0.25) is 0 Å². The molecule has 154 valence electrons. The zero-order valence-corrected chi connectivity index (χ0v) is 17.4. The van der Waals surface area contributed by atoms with E-state index in [1.807, 2.05) is 37.3 Å². The van der Waals surface area contributed by atoms with Gasteiger partial charge in [0.05, 0.1) is 22.6 Å². The van der Waals surface area contributed by atoms with Crippen LogP contribution in [0.3, 0.4) is 0 Å². The number of rotatable bonds is 6. The fraction of sp³-hybridized carbons (Fsp3) is 0.217. The number of fused-ring (bicyclic) bond motifs is 1. The fourth-order valence-electron chi connectivity index (χ4n) is 3.75. The topological polar surface area (TPSA) is 85.4 Å². The van der Waals surface area contributed by atoms with Crippen molar-refractivity contribution in [1.82, 2.24) is 10.3 Å². The van der Waals surface area contributed by atoms with Gasteiger partial charge in [-0.1, -0.05) is 18.2 Å². The molecular formula is C23H22N3O3S-. The van der Waals surface area contributed by atoms with Crippen molar-refractivity contribution in [3.05, 3.63) is 88.7 Å². The van der Waals surface area contributed by atoms with Crippen LogP contribution in [0.1, 0.15) is 39.0 Å². The molecule has 1 aliphatic rings. The normalized spacial score (nSPS) is 13.5. The van der Waals surface area contributed by atoms with Crippen LogP contribution in [0.15, 0.2) is 60.9 Å². The van der Waals surface area contributed by atoms with Crippen LogP contribution in [0.25, 0.3) is 0 Å². The predicted octanol–water partition coefficient (Wildman–Crippen LogP) is 3.74. The Morgan fingerprint density at radius 1 is 1.17 bits per heavy atom. The number of nitrogens with one attached hydrogen (secondary N) is 1. The largest absolute Gasteiger partial charge is 0.755 e. The standard InChI is InChI=1S/C23H23N3O3S/c1-16-7-8-20(23(27)25-15-17-4-3-11-24-14-17)13-22(16)26(30(28)29)21-10-9-18-5-2-6-19(18)12-21/h3-4,7-14H,2,5-6,15H2,1H3,(H,25,27)(H,28,29)/p-1. The van der Waals surface area contributed by atoms with E-state index in [0.29, 0.717) is 23.5 Å². The Hall–Kier alpha value is -3.03. The molecule has 2 aromatic carbocycles. The van der Waals surface area contributed by atoms with Crippen molar-refractivity contribution in [2.45, 2.75) is 32.7 Å². The first-order valence-electron chi connectivity index (χ1n) is 9.82. The summed E-state index contributed by atoms with van der Waals surface area (Å²) in [7, 11) is 0. The van der Waals surface area contributed by atoms with Crippen LogP contribution < -0.4 is 9.62 Å². The molecule has 0 bridgehead atoms. The Bertz CT molecular complexity index is 1100. The summed E-state index contributed by atoms with van der Waals surface area (Å²) in [5.74, 6) is -0.273. The minimum atomic E-state index is -2.52. The van der Waals surface area contributed by atoms with E-state index < -0.39 is 11.3 Å². The zero-order chi connectivity index (χ0) is 21.1. The summed E-state index contributed by atoms with van der Waals surface area (Å²) in [6, 6.07) is 14.5. The van der Waals surface area contributed by atoms with Crippen LogP contribution in [-0.4, -0.2) is 19.7 Å². The van der Waals surface area contributed by atoms with Gasteiger partial charge in [0.25, 0.3) is 5.91 Å². The number of hydrogen-bond donors (Lipinski definition) is 1. The third kappa shape index (κ3) is 4.27. The van der Waals surface area contributed by atoms with Gasteiger partial charge in [0.1, 0.15) is 0 Å². The summed E-state index contributed by atoms with van der Waals surface area (Å²) < 4.78 is 25.6. The van der Waals surface area contributed by atoms with E-state index in [0.717, 1.165) is 30.4 Å². The highest BCUT2D eigenvalue weighted by Gasteiger charge is 2.18. The highest BCUT2D eigenvalue weighted by Crippen LogP contribution is 2.34. The van der Waals surface area contributed by atoms with Crippen molar-refractivity contribution in [2.75, 3.05) is 4.31 Å². The maximum absolute atomic E-state index is 12.7. The molecule has 4 rings (SSSR count). The number of benzene rings is 2. The summed E-state index contributed by atoms with van der Waals surface area (Å²) in [5.41, 5.74) is 5.56. The first kappa shape index (κ1) is 20.3. The van der Waals surface area contributed by atoms with Gasteiger partial charge in [0, 0.05) is 24.5 Å². The quantitative estimate of drug-likeness (QED) is 0.616. The number of pyridine rings is 1. The molecule has 0 saturated heterocycles. The molecule has 1 heterocycles. The Morgan fingerprint density at radius 3 is 2.77 bits per heavy atom. The number of aromatic nitrogens is 1. The molecule has 7 heteroatoms. The van der Waals surface area contributed by atoms with Crippen molar-refractivity contribution in [3.8, 4) is 0 Å². The maximum Gasteiger partial charge on any atom is 0.251 e. The summed E-state index contributed by atoms with van der Waals surface area (Å²) in [4.78, 5) is 16.7. The molecule has 1 aromatic heterocycles. The number of carbonyl (C=O) groups is 1. The van der Waals surface area contributed by atoms with Crippen LogP contribution in [0, 0.1) is 6.92 Å². The number of carbonyl (C=O) groups excluding carboxylic acids is 1. The Morgan fingerprint density at radius 2 is 2.00 bits per heavy atom. The van der Waals surface area contributed by atoms with Gasteiger partial charge >= 0.3 is 0 Å². The average Bonchev–Trinajstić information content (AvgIpc) is 3.22. The molecule has 0 aliphatic heterocycles. The molecule has 1 aliphatic carbocycles. The van der Waals surface area contributed by atoms with Gasteiger partial charge in [0.15, 0.2) is 0 Å². The van der Waals surface area contributed by atoms with Crippen molar-refractivity contribution in [3.63, 3.8) is 0 Å². The lowest BCUT2D eigenvalue weighted by Crippen LogP contribution is -2.24. The lowest BCUT2D eigenvalue weighted by molar-refractivity contribution is 0.0951. The fourth-order valence-corrected chi connectivity index (χ4v) is 4.39. The first-order valence-corrected chi connectivity index (χ1v) is 10.8. The first-order chi connectivity index (χ1) is 14.5. The molecule has 1 atom stereocenters. The Balaban J connectivity index is 1.62.